The maximum absolute atomic E-state index is 12.3. The molecule has 3 aromatic rings. The van der Waals surface area contributed by atoms with Crippen molar-refractivity contribution >= 4 is 17.4 Å². The molecule has 0 unspecified atom stereocenters. The van der Waals surface area contributed by atoms with Gasteiger partial charge in [0.2, 0.25) is 0 Å². The Morgan fingerprint density at radius 2 is 1.72 bits per heavy atom. The minimum Gasteiger partial charge on any atom is -0.354 e. The maximum Gasteiger partial charge on any atom is 0.275 e. The first-order valence-electron chi connectivity index (χ1n) is 8.07. The molecule has 126 valence electrons. The highest BCUT2D eigenvalue weighted by atomic mass is 16.1. The molecular formula is C20H20N4O. The first-order valence-corrected chi connectivity index (χ1v) is 8.07. The predicted molar refractivity (Wildman–Crippen MR) is 99.7 cm³/mol. The van der Waals surface area contributed by atoms with Crippen molar-refractivity contribution in [3.8, 4) is 0 Å². The molecule has 5 heteroatoms. The Morgan fingerprint density at radius 3 is 2.40 bits per heavy atom. The van der Waals surface area contributed by atoms with Gasteiger partial charge in [-0.15, -0.1) is 0 Å². The normalized spacial score (nSPS) is 10.3. The zero-order valence-electron chi connectivity index (χ0n) is 14.3. The quantitative estimate of drug-likeness (QED) is 0.774. The number of anilines is 2. The number of nitrogens with one attached hydrogen (secondary N) is 1. The molecule has 0 fully saturated rings. The monoisotopic (exact) mass is 332 g/mol. The minimum absolute atomic E-state index is 0.265. The van der Waals surface area contributed by atoms with Gasteiger partial charge in [0.1, 0.15) is 11.5 Å². The summed E-state index contributed by atoms with van der Waals surface area (Å²) in [5, 5.41) is 2.86. The lowest BCUT2D eigenvalue weighted by molar-refractivity contribution is 0.102. The van der Waals surface area contributed by atoms with Crippen LogP contribution in [-0.2, 0) is 6.54 Å². The van der Waals surface area contributed by atoms with Crippen LogP contribution in [-0.4, -0.2) is 22.9 Å². The van der Waals surface area contributed by atoms with Gasteiger partial charge in [0, 0.05) is 19.3 Å². The van der Waals surface area contributed by atoms with Crippen molar-refractivity contribution in [2.24, 2.45) is 0 Å². The highest BCUT2D eigenvalue weighted by Gasteiger charge is 2.11. The third-order valence-corrected chi connectivity index (χ3v) is 3.92. The molecule has 1 amide bonds. The third kappa shape index (κ3) is 4.20. The SMILES string of the molecule is Cc1ccccc1NC(=O)c1cnc(N(C)Cc2ccccc2)cn1. The summed E-state index contributed by atoms with van der Waals surface area (Å²) in [6.07, 6.45) is 3.13. The number of rotatable bonds is 5. The summed E-state index contributed by atoms with van der Waals surface area (Å²) in [5.74, 6) is 0.454. The molecule has 3 rings (SSSR count). The van der Waals surface area contributed by atoms with E-state index in [4.69, 9.17) is 0 Å². The number of hydrogen-bond donors (Lipinski definition) is 1. The van der Waals surface area contributed by atoms with Crippen LogP contribution in [0.25, 0.3) is 0 Å². The molecule has 0 atom stereocenters. The fraction of sp³-hybridized carbons (Fsp3) is 0.150. The van der Waals surface area contributed by atoms with E-state index in [1.54, 1.807) is 6.20 Å². The number of benzene rings is 2. The highest BCUT2D eigenvalue weighted by Crippen LogP contribution is 2.15. The van der Waals surface area contributed by atoms with Crippen LogP contribution in [0, 0.1) is 6.92 Å². The number of amides is 1. The fourth-order valence-electron chi connectivity index (χ4n) is 2.47. The number of nitrogens with zero attached hydrogens (tertiary/aromatic N) is 3. The van der Waals surface area contributed by atoms with Crippen LogP contribution in [0.3, 0.4) is 0 Å². The lowest BCUT2D eigenvalue weighted by Gasteiger charge is -2.18. The van der Waals surface area contributed by atoms with Crippen LogP contribution in [0.15, 0.2) is 67.0 Å². The summed E-state index contributed by atoms with van der Waals surface area (Å²) < 4.78 is 0. The molecule has 0 aliphatic heterocycles. The van der Waals surface area contributed by atoms with E-state index < -0.39 is 0 Å². The maximum atomic E-state index is 12.3. The van der Waals surface area contributed by atoms with E-state index in [-0.39, 0.29) is 5.91 Å². The first-order chi connectivity index (χ1) is 12.1. The number of aromatic nitrogens is 2. The summed E-state index contributed by atoms with van der Waals surface area (Å²) in [7, 11) is 1.95. The first kappa shape index (κ1) is 16.6. The molecule has 0 saturated heterocycles. The van der Waals surface area contributed by atoms with Crippen LogP contribution in [0.2, 0.25) is 0 Å². The smallest absolute Gasteiger partial charge is 0.275 e. The summed E-state index contributed by atoms with van der Waals surface area (Å²) in [4.78, 5) is 22.9. The molecule has 1 heterocycles. The molecule has 0 radical (unpaired) electrons. The second-order valence-electron chi connectivity index (χ2n) is 5.87. The van der Waals surface area contributed by atoms with E-state index in [2.05, 4.69) is 27.4 Å². The number of carbonyl (C=O) groups excluding carboxylic acids is 1. The average molecular weight is 332 g/mol. The van der Waals surface area contributed by atoms with Crippen LogP contribution >= 0.6 is 0 Å². The van der Waals surface area contributed by atoms with Crippen LogP contribution < -0.4 is 10.2 Å². The van der Waals surface area contributed by atoms with Gasteiger partial charge in [-0.3, -0.25) is 4.79 Å². The zero-order chi connectivity index (χ0) is 17.6. The number of carbonyl (C=O) groups is 1. The van der Waals surface area contributed by atoms with Crippen LogP contribution in [0.4, 0.5) is 11.5 Å². The van der Waals surface area contributed by atoms with Crippen molar-refractivity contribution in [3.05, 3.63) is 83.8 Å². The summed E-state index contributed by atoms with van der Waals surface area (Å²) in [6.45, 7) is 2.67. The topological polar surface area (TPSA) is 58.1 Å². The molecule has 0 bridgehead atoms. The summed E-state index contributed by atoms with van der Waals surface area (Å²) in [6, 6.07) is 17.8. The third-order valence-electron chi connectivity index (χ3n) is 3.92. The predicted octanol–water partition coefficient (Wildman–Crippen LogP) is 3.67. The molecule has 0 aliphatic carbocycles. The second kappa shape index (κ2) is 7.57. The van der Waals surface area contributed by atoms with E-state index in [1.165, 1.54) is 11.8 Å². The van der Waals surface area contributed by atoms with E-state index in [0.717, 1.165) is 23.6 Å². The Labute approximate surface area is 147 Å². The second-order valence-corrected chi connectivity index (χ2v) is 5.87. The summed E-state index contributed by atoms with van der Waals surface area (Å²) >= 11 is 0. The fourth-order valence-corrected chi connectivity index (χ4v) is 2.47. The average Bonchev–Trinajstić information content (AvgIpc) is 2.64. The molecule has 25 heavy (non-hydrogen) atoms. The molecule has 0 spiro atoms. The van der Waals surface area contributed by atoms with Gasteiger partial charge >= 0.3 is 0 Å². The molecule has 1 N–H and O–H groups in total. The number of aryl methyl sites for hydroxylation is 1. The van der Waals surface area contributed by atoms with Gasteiger partial charge < -0.3 is 10.2 Å². The molecule has 0 saturated carbocycles. The van der Waals surface area contributed by atoms with Gasteiger partial charge in [0.05, 0.1) is 12.4 Å². The Balaban J connectivity index is 1.67. The Bertz CT molecular complexity index is 847. The molecule has 2 aromatic carbocycles. The van der Waals surface area contributed by atoms with Crippen molar-refractivity contribution in [1.82, 2.24) is 9.97 Å². The van der Waals surface area contributed by atoms with E-state index in [0.29, 0.717) is 5.69 Å². The van der Waals surface area contributed by atoms with Crippen LogP contribution in [0.5, 0.6) is 0 Å². The Morgan fingerprint density at radius 1 is 1.00 bits per heavy atom. The van der Waals surface area contributed by atoms with Crippen molar-refractivity contribution in [2.45, 2.75) is 13.5 Å². The van der Waals surface area contributed by atoms with Gasteiger partial charge in [-0.1, -0.05) is 48.5 Å². The highest BCUT2D eigenvalue weighted by molar-refractivity contribution is 6.03. The molecular weight excluding hydrogens is 312 g/mol. The van der Waals surface area contributed by atoms with Gasteiger partial charge in [-0.2, -0.15) is 0 Å². The van der Waals surface area contributed by atoms with Gasteiger partial charge in [-0.25, -0.2) is 9.97 Å². The van der Waals surface area contributed by atoms with Gasteiger partial charge in [0.15, 0.2) is 0 Å². The number of hydrogen-bond acceptors (Lipinski definition) is 4. The van der Waals surface area contributed by atoms with Crippen molar-refractivity contribution in [2.75, 3.05) is 17.3 Å². The molecule has 0 aliphatic rings. The van der Waals surface area contributed by atoms with E-state index in [1.807, 2.05) is 61.3 Å². The van der Waals surface area contributed by atoms with E-state index >= 15 is 0 Å². The van der Waals surface area contributed by atoms with Gasteiger partial charge in [-0.05, 0) is 24.1 Å². The van der Waals surface area contributed by atoms with Crippen molar-refractivity contribution in [1.29, 1.82) is 0 Å². The molecule has 1 aromatic heterocycles. The standard InChI is InChI=1S/C20H20N4O/c1-15-8-6-7-11-17(15)23-20(25)18-12-22-19(13-21-18)24(2)14-16-9-4-3-5-10-16/h3-13H,14H2,1-2H3,(H,23,25). The Kier molecular flexibility index (Phi) is 5.04. The zero-order valence-corrected chi connectivity index (χ0v) is 14.3. The van der Waals surface area contributed by atoms with Crippen LogP contribution in [0.1, 0.15) is 21.6 Å². The molecule has 5 nitrogen and oxygen atoms in total. The largest absolute Gasteiger partial charge is 0.354 e. The lowest BCUT2D eigenvalue weighted by Crippen LogP contribution is -2.19. The van der Waals surface area contributed by atoms with Crippen molar-refractivity contribution in [3.63, 3.8) is 0 Å². The van der Waals surface area contributed by atoms with Crippen molar-refractivity contribution < 1.29 is 4.79 Å². The minimum atomic E-state index is -0.265. The lowest BCUT2D eigenvalue weighted by atomic mass is 10.2. The summed E-state index contributed by atoms with van der Waals surface area (Å²) in [5.41, 5.74) is 3.26. The Hall–Kier alpha value is -3.21. The van der Waals surface area contributed by atoms with E-state index in [9.17, 15) is 4.79 Å². The van der Waals surface area contributed by atoms with Gasteiger partial charge in [0.25, 0.3) is 5.91 Å². The number of para-hydroxylation sites is 1.